The number of benzene rings is 1. The highest BCUT2D eigenvalue weighted by atomic mass is 35.5. The van der Waals surface area contributed by atoms with Crippen molar-refractivity contribution in [2.75, 3.05) is 0 Å². The van der Waals surface area contributed by atoms with Gasteiger partial charge in [-0.25, -0.2) is 0 Å². The molecular weight excluding hydrogens is 230 g/mol. The molecule has 0 aliphatic rings. The molecule has 0 aliphatic heterocycles. The van der Waals surface area contributed by atoms with Crippen LogP contribution in [0.2, 0.25) is 5.02 Å². The minimum Gasteiger partial charge on any atom is -0.262 e. The molecule has 2 rings (SSSR count). The second-order valence-corrected chi connectivity index (χ2v) is 4.15. The van der Waals surface area contributed by atoms with E-state index in [-0.39, 0.29) is 16.8 Å². The Labute approximate surface area is 96.8 Å². The van der Waals surface area contributed by atoms with E-state index in [0.717, 1.165) is 5.52 Å². The summed E-state index contributed by atoms with van der Waals surface area (Å²) in [5, 5.41) is 15.6. The second kappa shape index (κ2) is 3.75. The van der Waals surface area contributed by atoms with Crippen LogP contribution in [0.3, 0.4) is 0 Å². The first-order valence-corrected chi connectivity index (χ1v) is 5.20. The van der Waals surface area contributed by atoms with Crippen LogP contribution < -0.4 is 0 Å². The zero-order valence-electron chi connectivity index (χ0n) is 8.85. The molecule has 0 atom stereocenters. The van der Waals surface area contributed by atoms with Crippen molar-refractivity contribution in [2.24, 2.45) is 0 Å². The number of aromatic nitrogens is 2. The van der Waals surface area contributed by atoms with Crippen LogP contribution in [0.4, 0.5) is 5.69 Å². The maximum absolute atomic E-state index is 10.7. The van der Waals surface area contributed by atoms with Crippen molar-refractivity contribution in [3.63, 3.8) is 0 Å². The molecule has 5 nitrogen and oxygen atoms in total. The number of nitrogens with zero attached hydrogens (tertiary/aromatic N) is 3. The van der Waals surface area contributed by atoms with Crippen LogP contribution in [0.5, 0.6) is 0 Å². The van der Waals surface area contributed by atoms with Crippen molar-refractivity contribution in [3.8, 4) is 0 Å². The minimum absolute atomic E-state index is 0.0857. The first kappa shape index (κ1) is 10.9. The Hall–Kier alpha value is -1.62. The molecule has 84 valence electrons. The van der Waals surface area contributed by atoms with Gasteiger partial charge in [0.05, 0.1) is 16.6 Å². The summed E-state index contributed by atoms with van der Waals surface area (Å²) in [4.78, 5) is 10.2. The van der Waals surface area contributed by atoms with E-state index >= 15 is 0 Å². The van der Waals surface area contributed by atoms with E-state index < -0.39 is 4.92 Å². The van der Waals surface area contributed by atoms with Gasteiger partial charge in [0.25, 0.3) is 5.69 Å². The lowest BCUT2D eigenvalue weighted by Crippen LogP contribution is -2.01. The van der Waals surface area contributed by atoms with Gasteiger partial charge in [0.1, 0.15) is 5.02 Å². The Balaban J connectivity index is 2.73. The van der Waals surface area contributed by atoms with Crippen LogP contribution in [-0.4, -0.2) is 14.7 Å². The van der Waals surface area contributed by atoms with Crippen LogP contribution in [0.1, 0.15) is 19.9 Å². The Morgan fingerprint density at radius 3 is 2.75 bits per heavy atom. The quantitative estimate of drug-likeness (QED) is 0.597. The SMILES string of the molecule is CC(C)n1ncc2c(Cl)c([N+](=O)[O-])ccc21. The molecule has 1 aromatic carbocycles. The second-order valence-electron chi connectivity index (χ2n) is 3.77. The molecule has 0 saturated carbocycles. The van der Waals surface area contributed by atoms with Gasteiger partial charge in [0.2, 0.25) is 0 Å². The largest absolute Gasteiger partial charge is 0.288 e. The van der Waals surface area contributed by atoms with Gasteiger partial charge in [-0.05, 0) is 19.9 Å². The fraction of sp³-hybridized carbons (Fsp3) is 0.300. The zero-order valence-corrected chi connectivity index (χ0v) is 9.60. The molecule has 0 N–H and O–H groups in total. The average Bonchev–Trinajstić information content (AvgIpc) is 2.61. The molecule has 1 heterocycles. The predicted octanol–water partition coefficient (Wildman–Crippen LogP) is 3.18. The Kier molecular flexibility index (Phi) is 2.55. The summed E-state index contributed by atoms with van der Waals surface area (Å²) in [5.74, 6) is 0. The lowest BCUT2D eigenvalue weighted by atomic mass is 10.2. The van der Waals surface area contributed by atoms with Gasteiger partial charge in [0.15, 0.2) is 0 Å². The zero-order chi connectivity index (χ0) is 11.9. The Bertz CT molecular complexity index is 562. The summed E-state index contributed by atoms with van der Waals surface area (Å²) >= 11 is 5.96. The lowest BCUT2D eigenvalue weighted by molar-refractivity contribution is -0.384. The molecule has 0 saturated heterocycles. The molecule has 6 heteroatoms. The molecule has 0 unspecified atom stereocenters. The summed E-state index contributed by atoms with van der Waals surface area (Å²) < 4.78 is 1.78. The number of halogens is 1. The van der Waals surface area contributed by atoms with E-state index in [4.69, 9.17) is 11.6 Å². The van der Waals surface area contributed by atoms with Crippen LogP contribution >= 0.6 is 11.6 Å². The normalized spacial score (nSPS) is 11.2. The number of nitro benzene ring substituents is 1. The van der Waals surface area contributed by atoms with Gasteiger partial charge in [-0.3, -0.25) is 14.8 Å². The van der Waals surface area contributed by atoms with Crippen molar-refractivity contribution in [1.29, 1.82) is 0 Å². The first-order valence-electron chi connectivity index (χ1n) is 4.82. The highest BCUT2D eigenvalue weighted by Crippen LogP contribution is 2.33. The number of hydrogen-bond donors (Lipinski definition) is 0. The number of rotatable bonds is 2. The highest BCUT2D eigenvalue weighted by Gasteiger charge is 2.18. The van der Waals surface area contributed by atoms with E-state index in [1.807, 2.05) is 13.8 Å². The van der Waals surface area contributed by atoms with E-state index in [1.165, 1.54) is 6.07 Å². The Morgan fingerprint density at radius 2 is 2.19 bits per heavy atom. The molecule has 0 spiro atoms. The fourth-order valence-electron chi connectivity index (χ4n) is 1.63. The maximum Gasteiger partial charge on any atom is 0.288 e. The van der Waals surface area contributed by atoms with Crippen molar-refractivity contribution >= 4 is 28.2 Å². The van der Waals surface area contributed by atoms with Gasteiger partial charge in [-0.1, -0.05) is 11.6 Å². The summed E-state index contributed by atoms with van der Waals surface area (Å²) in [5.41, 5.74) is 0.725. The van der Waals surface area contributed by atoms with Gasteiger partial charge in [-0.2, -0.15) is 5.10 Å². The molecule has 0 amide bonds. The van der Waals surface area contributed by atoms with E-state index in [9.17, 15) is 10.1 Å². The molecule has 16 heavy (non-hydrogen) atoms. The molecule has 0 radical (unpaired) electrons. The highest BCUT2D eigenvalue weighted by molar-refractivity contribution is 6.37. The summed E-state index contributed by atoms with van der Waals surface area (Å²) in [6, 6.07) is 3.27. The van der Waals surface area contributed by atoms with Crippen LogP contribution in [0.25, 0.3) is 10.9 Å². The van der Waals surface area contributed by atoms with Crippen molar-refractivity contribution in [3.05, 3.63) is 33.5 Å². The molecule has 0 bridgehead atoms. The topological polar surface area (TPSA) is 61.0 Å². The van der Waals surface area contributed by atoms with E-state index in [0.29, 0.717) is 5.39 Å². The number of nitro groups is 1. The maximum atomic E-state index is 10.7. The monoisotopic (exact) mass is 239 g/mol. The molecule has 0 fully saturated rings. The summed E-state index contributed by atoms with van der Waals surface area (Å²) in [7, 11) is 0. The first-order chi connectivity index (χ1) is 7.52. The third-order valence-corrected chi connectivity index (χ3v) is 2.78. The van der Waals surface area contributed by atoms with Crippen molar-refractivity contribution < 1.29 is 4.92 Å². The fourth-order valence-corrected chi connectivity index (χ4v) is 1.91. The van der Waals surface area contributed by atoms with Crippen LogP contribution in [-0.2, 0) is 0 Å². The smallest absolute Gasteiger partial charge is 0.262 e. The minimum atomic E-state index is -0.492. The number of fused-ring (bicyclic) bond motifs is 1. The summed E-state index contributed by atoms with van der Waals surface area (Å²) in [6.45, 7) is 3.98. The Morgan fingerprint density at radius 1 is 1.50 bits per heavy atom. The van der Waals surface area contributed by atoms with Crippen molar-refractivity contribution in [2.45, 2.75) is 19.9 Å². The lowest BCUT2D eigenvalue weighted by Gasteiger charge is -2.06. The third kappa shape index (κ3) is 1.53. The standard InChI is InChI=1S/C10H10ClN3O2/c1-6(2)13-8-3-4-9(14(15)16)10(11)7(8)5-12-13/h3-6H,1-2H3. The van der Waals surface area contributed by atoms with Crippen molar-refractivity contribution in [1.82, 2.24) is 9.78 Å². The van der Waals surface area contributed by atoms with Gasteiger partial charge in [-0.15, -0.1) is 0 Å². The summed E-state index contributed by atoms with van der Waals surface area (Å²) in [6.07, 6.45) is 1.56. The number of hydrogen-bond acceptors (Lipinski definition) is 3. The average molecular weight is 240 g/mol. The van der Waals surface area contributed by atoms with Crippen LogP contribution in [0.15, 0.2) is 18.3 Å². The predicted molar refractivity (Wildman–Crippen MR) is 61.8 cm³/mol. The van der Waals surface area contributed by atoms with Crippen LogP contribution in [0, 0.1) is 10.1 Å². The van der Waals surface area contributed by atoms with E-state index in [1.54, 1.807) is 16.9 Å². The molecular formula is C10H10ClN3O2. The molecule has 1 aromatic heterocycles. The van der Waals surface area contributed by atoms with Gasteiger partial charge < -0.3 is 0 Å². The van der Waals surface area contributed by atoms with Gasteiger partial charge >= 0.3 is 0 Å². The molecule has 2 aromatic rings. The third-order valence-electron chi connectivity index (χ3n) is 2.38. The van der Waals surface area contributed by atoms with Gasteiger partial charge in [0, 0.05) is 17.5 Å². The van der Waals surface area contributed by atoms with E-state index in [2.05, 4.69) is 5.10 Å². The molecule has 0 aliphatic carbocycles.